The van der Waals surface area contributed by atoms with Crippen LogP contribution in [0, 0.1) is 0 Å². The number of benzene rings is 1. The molecule has 0 radical (unpaired) electrons. The van der Waals surface area contributed by atoms with Gasteiger partial charge in [-0.15, -0.1) is 0 Å². The number of carboxylic acid groups (broad SMARTS) is 1. The summed E-state index contributed by atoms with van der Waals surface area (Å²) in [5, 5.41) is 11.2. The molecular formula is C10H9NO4. The SMILES string of the molecule is COc1ccc2c(c1)C(=O)N[C@@H]2C(=O)O. The number of carbonyl (C=O) groups is 2. The quantitative estimate of drug-likeness (QED) is 0.743. The van der Waals surface area contributed by atoms with E-state index in [1.54, 1.807) is 12.1 Å². The Morgan fingerprint density at radius 3 is 2.87 bits per heavy atom. The summed E-state index contributed by atoms with van der Waals surface area (Å²) in [6.45, 7) is 0. The molecular weight excluding hydrogens is 198 g/mol. The second-order valence-electron chi connectivity index (χ2n) is 3.20. The first-order chi connectivity index (χ1) is 7.13. The fourth-order valence-corrected chi connectivity index (χ4v) is 1.59. The van der Waals surface area contributed by atoms with Crippen LogP contribution >= 0.6 is 0 Å². The van der Waals surface area contributed by atoms with Crippen LogP contribution in [0.4, 0.5) is 0 Å². The van der Waals surface area contributed by atoms with Crippen LogP contribution in [0.25, 0.3) is 0 Å². The van der Waals surface area contributed by atoms with Gasteiger partial charge >= 0.3 is 5.97 Å². The molecule has 0 aliphatic carbocycles. The number of carbonyl (C=O) groups excluding carboxylic acids is 1. The highest BCUT2D eigenvalue weighted by atomic mass is 16.5. The molecule has 2 rings (SSSR count). The highest BCUT2D eigenvalue weighted by molar-refractivity contribution is 6.03. The Labute approximate surface area is 85.7 Å². The van der Waals surface area contributed by atoms with Gasteiger partial charge in [-0.2, -0.15) is 0 Å². The number of hydrogen-bond donors (Lipinski definition) is 2. The van der Waals surface area contributed by atoms with Crippen LogP contribution in [-0.2, 0) is 4.79 Å². The smallest absolute Gasteiger partial charge is 0.330 e. The molecule has 1 aliphatic rings. The van der Waals surface area contributed by atoms with Crippen molar-refractivity contribution in [3.63, 3.8) is 0 Å². The molecule has 1 aromatic rings. The van der Waals surface area contributed by atoms with E-state index in [1.807, 2.05) is 0 Å². The third-order valence-corrected chi connectivity index (χ3v) is 2.34. The zero-order valence-electron chi connectivity index (χ0n) is 7.98. The van der Waals surface area contributed by atoms with Crippen LogP contribution < -0.4 is 10.1 Å². The van der Waals surface area contributed by atoms with E-state index in [2.05, 4.69) is 5.32 Å². The summed E-state index contributed by atoms with van der Waals surface area (Å²) in [6, 6.07) is 3.81. The maximum Gasteiger partial charge on any atom is 0.330 e. The fourth-order valence-electron chi connectivity index (χ4n) is 1.59. The molecule has 0 aromatic heterocycles. The number of methoxy groups -OCH3 is 1. The minimum Gasteiger partial charge on any atom is -0.497 e. The normalized spacial score (nSPS) is 18.2. The molecule has 1 heterocycles. The number of ether oxygens (including phenoxy) is 1. The summed E-state index contributed by atoms with van der Waals surface area (Å²) >= 11 is 0. The number of carboxylic acids is 1. The summed E-state index contributed by atoms with van der Waals surface area (Å²) in [6.07, 6.45) is 0. The van der Waals surface area contributed by atoms with Crippen molar-refractivity contribution in [2.45, 2.75) is 6.04 Å². The van der Waals surface area contributed by atoms with Crippen LogP contribution in [0.1, 0.15) is 22.0 Å². The van der Waals surface area contributed by atoms with Crippen molar-refractivity contribution in [3.05, 3.63) is 29.3 Å². The van der Waals surface area contributed by atoms with Crippen LogP contribution in [0.2, 0.25) is 0 Å². The lowest BCUT2D eigenvalue weighted by atomic mass is 10.0. The number of amides is 1. The van der Waals surface area contributed by atoms with Gasteiger partial charge in [0.1, 0.15) is 5.75 Å². The van der Waals surface area contributed by atoms with Gasteiger partial charge < -0.3 is 15.2 Å². The van der Waals surface area contributed by atoms with Crippen molar-refractivity contribution in [2.75, 3.05) is 7.11 Å². The maximum absolute atomic E-state index is 11.4. The van der Waals surface area contributed by atoms with Crippen molar-refractivity contribution >= 4 is 11.9 Å². The molecule has 1 atom stereocenters. The van der Waals surface area contributed by atoms with Crippen molar-refractivity contribution in [1.29, 1.82) is 0 Å². The monoisotopic (exact) mass is 207 g/mol. The van der Waals surface area contributed by atoms with Gasteiger partial charge in [-0.3, -0.25) is 4.79 Å². The highest BCUT2D eigenvalue weighted by Gasteiger charge is 2.33. The number of hydrogen-bond acceptors (Lipinski definition) is 3. The summed E-state index contributed by atoms with van der Waals surface area (Å²) in [5.74, 6) is -0.904. The number of fused-ring (bicyclic) bond motifs is 1. The number of nitrogens with one attached hydrogen (secondary N) is 1. The molecule has 0 bridgehead atoms. The van der Waals surface area contributed by atoms with Gasteiger partial charge in [0.15, 0.2) is 6.04 Å². The second-order valence-corrected chi connectivity index (χ2v) is 3.20. The van der Waals surface area contributed by atoms with Gasteiger partial charge in [0, 0.05) is 5.56 Å². The summed E-state index contributed by atoms with van der Waals surface area (Å²) in [4.78, 5) is 22.2. The van der Waals surface area contributed by atoms with Crippen molar-refractivity contribution in [2.24, 2.45) is 0 Å². The van der Waals surface area contributed by atoms with Crippen LogP contribution in [0.5, 0.6) is 5.75 Å². The molecule has 0 saturated carbocycles. The van der Waals surface area contributed by atoms with Gasteiger partial charge in [0.2, 0.25) is 0 Å². The van der Waals surface area contributed by atoms with Gasteiger partial charge in [-0.05, 0) is 17.7 Å². The predicted molar refractivity (Wildman–Crippen MR) is 50.8 cm³/mol. The molecule has 2 N–H and O–H groups in total. The first kappa shape index (κ1) is 9.51. The first-order valence-corrected chi connectivity index (χ1v) is 4.35. The Kier molecular flexibility index (Phi) is 2.07. The Morgan fingerprint density at radius 2 is 2.27 bits per heavy atom. The molecule has 1 amide bonds. The van der Waals surface area contributed by atoms with Gasteiger partial charge in [0.05, 0.1) is 7.11 Å². The molecule has 0 spiro atoms. The average Bonchev–Trinajstić information content (AvgIpc) is 2.56. The zero-order chi connectivity index (χ0) is 11.0. The molecule has 1 aliphatic heterocycles. The zero-order valence-corrected chi connectivity index (χ0v) is 7.98. The minimum atomic E-state index is -1.06. The molecule has 5 nitrogen and oxygen atoms in total. The molecule has 0 unspecified atom stereocenters. The van der Waals surface area contributed by atoms with E-state index < -0.39 is 12.0 Å². The molecule has 1 aromatic carbocycles. The van der Waals surface area contributed by atoms with Crippen LogP contribution in [0.15, 0.2) is 18.2 Å². The summed E-state index contributed by atoms with van der Waals surface area (Å²) < 4.78 is 4.96. The van der Waals surface area contributed by atoms with Gasteiger partial charge in [-0.1, -0.05) is 6.07 Å². The minimum absolute atomic E-state index is 0.363. The topological polar surface area (TPSA) is 75.6 Å². The highest BCUT2D eigenvalue weighted by Crippen LogP contribution is 2.28. The summed E-state index contributed by atoms with van der Waals surface area (Å²) in [5.41, 5.74) is 0.843. The maximum atomic E-state index is 11.4. The van der Waals surface area contributed by atoms with Gasteiger partial charge in [0.25, 0.3) is 5.91 Å². The predicted octanol–water partition coefficient (Wildman–Crippen LogP) is 0.564. The number of aliphatic carboxylic acids is 1. The van der Waals surface area contributed by atoms with Crippen molar-refractivity contribution < 1.29 is 19.4 Å². The average molecular weight is 207 g/mol. The Hall–Kier alpha value is -2.04. The molecule has 0 saturated heterocycles. The first-order valence-electron chi connectivity index (χ1n) is 4.35. The number of rotatable bonds is 2. The van der Waals surface area contributed by atoms with E-state index in [-0.39, 0.29) is 5.91 Å². The van der Waals surface area contributed by atoms with Crippen LogP contribution in [0.3, 0.4) is 0 Å². The lowest BCUT2D eigenvalue weighted by Crippen LogP contribution is -2.25. The van der Waals surface area contributed by atoms with E-state index in [4.69, 9.17) is 9.84 Å². The van der Waals surface area contributed by atoms with E-state index in [0.717, 1.165) is 0 Å². The molecule has 78 valence electrons. The fraction of sp³-hybridized carbons (Fsp3) is 0.200. The van der Waals surface area contributed by atoms with Crippen molar-refractivity contribution in [1.82, 2.24) is 5.32 Å². The van der Waals surface area contributed by atoms with Crippen LogP contribution in [-0.4, -0.2) is 24.1 Å². The van der Waals surface area contributed by atoms with Gasteiger partial charge in [-0.25, -0.2) is 4.79 Å². The second kappa shape index (κ2) is 3.27. The van der Waals surface area contributed by atoms with E-state index >= 15 is 0 Å². The molecule has 0 fully saturated rings. The largest absolute Gasteiger partial charge is 0.497 e. The van der Waals surface area contributed by atoms with Crippen molar-refractivity contribution in [3.8, 4) is 5.75 Å². The third kappa shape index (κ3) is 1.41. The lowest BCUT2D eigenvalue weighted by Gasteiger charge is -2.05. The Morgan fingerprint density at radius 1 is 1.53 bits per heavy atom. The molecule has 15 heavy (non-hydrogen) atoms. The Bertz CT molecular complexity index is 441. The third-order valence-electron chi connectivity index (χ3n) is 2.34. The van der Waals surface area contributed by atoms with E-state index in [0.29, 0.717) is 16.9 Å². The molecule has 5 heteroatoms. The standard InChI is InChI=1S/C10H9NO4/c1-15-5-2-3-6-7(4-5)9(12)11-8(6)10(13)14/h2-4,8H,1H3,(H,11,12)(H,13,14)/t8-/m0/s1. The lowest BCUT2D eigenvalue weighted by molar-refractivity contribution is -0.139. The Balaban J connectivity index is 2.50. The summed E-state index contributed by atoms with van der Waals surface area (Å²) in [7, 11) is 1.49. The van der Waals surface area contributed by atoms with E-state index in [9.17, 15) is 9.59 Å². The van der Waals surface area contributed by atoms with E-state index in [1.165, 1.54) is 13.2 Å².